The van der Waals surface area contributed by atoms with Crippen LogP contribution in [0.25, 0.3) is 11.1 Å². The van der Waals surface area contributed by atoms with Crippen LogP contribution in [0.15, 0.2) is 34.7 Å². The molecule has 2 rings (SSSR count). The Labute approximate surface area is 122 Å². The zero-order valence-electron chi connectivity index (χ0n) is 11.2. The Balaban J connectivity index is 0.000000383. The van der Waals surface area contributed by atoms with Gasteiger partial charge in [0.05, 0.1) is 13.8 Å². The third-order valence-electron chi connectivity index (χ3n) is 2.35. The van der Waals surface area contributed by atoms with Gasteiger partial charge in [0.1, 0.15) is 0 Å². The summed E-state index contributed by atoms with van der Waals surface area (Å²) < 4.78 is 39.4. The van der Waals surface area contributed by atoms with E-state index in [4.69, 9.17) is 23.1 Å². The van der Waals surface area contributed by atoms with E-state index in [9.17, 15) is 10.2 Å². The van der Waals surface area contributed by atoms with Crippen molar-refractivity contribution in [3.8, 4) is 22.6 Å². The first-order valence-electron chi connectivity index (χ1n) is 5.62. The van der Waals surface area contributed by atoms with Crippen molar-refractivity contribution < 1.29 is 43.5 Å². The zero-order valence-corrected chi connectivity index (χ0v) is 12.0. The first kappa shape index (κ1) is 17.2. The number of hydrogen-bond acceptors (Lipinski definition) is 6. The lowest BCUT2D eigenvalue weighted by Gasteiger charge is -2.17. The molecule has 0 unspecified atom stereocenters. The number of aryl methyl sites for hydroxylation is 2. The smallest absolute Gasteiger partial charge is 0.327 e. The maximum Gasteiger partial charge on any atom is 0.327 e. The van der Waals surface area contributed by atoms with E-state index in [2.05, 4.69) is 0 Å². The predicted molar refractivity (Wildman–Crippen MR) is 61.4 cm³/mol. The molecule has 1 heterocycles. The largest absolute Gasteiger partial charge is 0.504 e. The van der Waals surface area contributed by atoms with E-state index >= 15 is 0 Å². The quantitative estimate of drug-likeness (QED) is 0.481. The Morgan fingerprint density at radius 3 is 1.71 bits per heavy atom. The summed E-state index contributed by atoms with van der Waals surface area (Å²) in [5, 5.41) is 18.7. The molecular weight excluding hydrogens is 304 g/mol. The average Bonchev–Trinajstić information content (AvgIpc) is 2.29. The van der Waals surface area contributed by atoms with Gasteiger partial charge in [0, 0.05) is 12.1 Å². The van der Waals surface area contributed by atoms with Gasteiger partial charge in [-0.25, -0.2) is 23.1 Å². The van der Waals surface area contributed by atoms with Gasteiger partial charge in [0.25, 0.3) is 0 Å². The summed E-state index contributed by atoms with van der Waals surface area (Å²) in [6.07, 6.45) is 0. The highest BCUT2D eigenvalue weighted by Crippen LogP contribution is 2.31. The number of benzene rings is 1. The summed E-state index contributed by atoms with van der Waals surface area (Å²) in [4.78, 5) is 0. The van der Waals surface area contributed by atoms with E-state index in [1.165, 1.54) is 12.1 Å². The van der Waals surface area contributed by atoms with E-state index in [-0.39, 0.29) is 11.5 Å². The lowest BCUT2D eigenvalue weighted by atomic mass is 10.1. The van der Waals surface area contributed by atoms with Crippen LogP contribution in [-0.4, -0.2) is 10.2 Å². The molecule has 21 heavy (non-hydrogen) atoms. The Kier molecular flexibility index (Phi) is 5.47. The Morgan fingerprint density at radius 2 is 1.29 bits per heavy atom. The van der Waals surface area contributed by atoms with Gasteiger partial charge in [-0.05, 0) is 23.3 Å². The van der Waals surface area contributed by atoms with E-state index in [1.807, 2.05) is 26.0 Å². The molecule has 1 aromatic heterocycles. The first-order valence-corrected chi connectivity index (χ1v) is 6.85. The minimum absolute atomic E-state index is 0.113. The summed E-state index contributed by atoms with van der Waals surface area (Å²) in [5.41, 5.74) is 1.80. The second-order valence-corrected chi connectivity index (χ2v) is 4.90. The van der Waals surface area contributed by atoms with E-state index in [1.54, 1.807) is 6.07 Å². The summed E-state index contributed by atoms with van der Waals surface area (Å²) in [7, 11) is -4.94. The minimum atomic E-state index is -4.94. The van der Waals surface area contributed by atoms with Crippen LogP contribution in [0.1, 0.15) is 11.5 Å². The van der Waals surface area contributed by atoms with Crippen molar-refractivity contribution in [2.24, 2.45) is 0 Å². The van der Waals surface area contributed by atoms with Gasteiger partial charge in [-0.3, -0.25) is 0 Å². The molecule has 2 aromatic rings. The molecule has 0 amide bonds. The third-order valence-corrected chi connectivity index (χ3v) is 2.35. The number of phenolic OH excluding ortho intramolecular Hbond substituents is 2. The van der Waals surface area contributed by atoms with Crippen LogP contribution in [0.5, 0.6) is 11.5 Å². The monoisotopic (exact) mass is 316 g/mol. The Hall–Kier alpha value is -1.90. The number of phenols is 2. The molecule has 2 N–H and O–H groups in total. The number of aromatic hydroxyl groups is 2. The molecule has 0 aliphatic rings. The van der Waals surface area contributed by atoms with Crippen LogP contribution in [0.4, 0.5) is 0 Å². The van der Waals surface area contributed by atoms with Crippen LogP contribution in [0, 0.1) is 24.1 Å². The molecule has 0 atom stereocenters. The molecule has 114 valence electrons. The molecular formula is C13H13ClO7. The Bertz CT molecular complexity index is 596. The molecule has 1 aromatic carbocycles. The van der Waals surface area contributed by atoms with Gasteiger partial charge in [0.15, 0.2) is 11.5 Å². The van der Waals surface area contributed by atoms with Crippen molar-refractivity contribution in [3.05, 3.63) is 41.9 Å². The second kappa shape index (κ2) is 6.70. The minimum Gasteiger partial charge on any atom is -0.504 e. The van der Waals surface area contributed by atoms with Gasteiger partial charge in [-0.15, -0.1) is 10.2 Å². The highest BCUT2D eigenvalue weighted by atomic mass is 35.7. The van der Waals surface area contributed by atoms with Crippen molar-refractivity contribution in [1.29, 1.82) is 0 Å². The summed E-state index contributed by atoms with van der Waals surface area (Å²) in [6.45, 7) is 3.74. The lowest BCUT2D eigenvalue weighted by molar-refractivity contribution is -2.00. The third kappa shape index (κ3) is 6.39. The van der Waals surface area contributed by atoms with E-state index < -0.39 is 10.2 Å². The highest BCUT2D eigenvalue weighted by Gasteiger charge is 2.10. The lowest BCUT2D eigenvalue weighted by Crippen LogP contribution is -2.68. The van der Waals surface area contributed by atoms with Crippen LogP contribution >= 0.6 is 0 Å². The normalized spacial score (nSPS) is 10.8. The van der Waals surface area contributed by atoms with Crippen molar-refractivity contribution >= 4 is 0 Å². The fourth-order valence-electron chi connectivity index (χ4n) is 1.66. The molecule has 8 heteroatoms. The fraction of sp³-hybridized carbons (Fsp3) is 0.154. The zero-order chi connectivity index (χ0) is 16.2. The van der Waals surface area contributed by atoms with Crippen molar-refractivity contribution in [3.63, 3.8) is 0 Å². The van der Waals surface area contributed by atoms with E-state index in [0.717, 1.165) is 22.6 Å². The first-order chi connectivity index (χ1) is 9.56. The molecule has 0 radical (unpaired) electrons. The molecule has 0 saturated carbocycles. The highest BCUT2D eigenvalue weighted by molar-refractivity contribution is 5.67. The number of rotatable bonds is 1. The maximum atomic E-state index is 9.43. The van der Waals surface area contributed by atoms with Gasteiger partial charge in [0.2, 0.25) is 0 Å². The molecule has 0 aliphatic carbocycles. The predicted octanol–water partition coefficient (Wildman–Crippen LogP) is -1.50. The molecule has 0 fully saturated rings. The van der Waals surface area contributed by atoms with Crippen LogP contribution < -0.4 is 18.6 Å². The van der Waals surface area contributed by atoms with Crippen molar-refractivity contribution in [2.45, 2.75) is 13.8 Å². The van der Waals surface area contributed by atoms with Gasteiger partial charge in [-0.1, -0.05) is 6.07 Å². The molecule has 0 bridgehead atoms. The van der Waals surface area contributed by atoms with Crippen LogP contribution in [0.3, 0.4) is 0 Å². The molecule has 0 saturated heterocycles. The van der Waals surface area contributed by atoms with Crippen molar-refractivity contribution in [2.75, 3.05) is 0 Å². The summed E-state index contributed by atoms with van der Waals surface area (Å²) >= 11 is 0. The summed E-state index contributed by atoms with van der Waals surface area (Å²) in [5.74, 6) is 1.39. The maximum absolute atomic E-state index is 9.43. The average molecular weight is 317 g/mol. The molecule has 0 aliphatic heterocycles. The standard InChI is InChI=1S/C13H12O3.ClHO4/c1-8-5-11(6-9(2)16-8)10-3-4-12(14)13(15)7-10;2-1(3,4)5/h3-7H,1-2H3,(H-,14,15);(H,2,3,4,5). The second-order valence-electron chi connectivity index (χ2n) is 4.15. The van der Waals surface area contributed by atoms with Gasteiger partial charge < -0.3 is 10.2 Å². The van der Waals surface area contributed by atoms with E-state index in [0.29, 0.717) is 0 Å². The van der Waals surface area contributed by atoms with Gasteiger partial charge >= 0.3 is 11.5 Å². The summed E-state index contributed by atoms with van der Waals surface area (Å²) in [6, 6.07) is 8.53. The van der Waals surface area contributed by atoms with Gasteiger partial charge in [-0.2, -0.15) is 0 Å². The Morgan fingerprint density at radius 1 is 0.810 bits per heavy atom. The molecule has 0 spiro atoms. The molecule has 7 nitrogen and oxygen atoms in total. The number of hydrogen-bond donors (Lipinski definition) is 2. The SMILES string of the molecule is Cc1cc(-c2ccc(O)c(O)c2)cc(C)[o+]1.[O-][Cl+3]([O-])([O-])[O-]. The van der Waals surface area contributed by atoms with Crippen LogP contribution in [0.2, 0.25) is 0 Å². The van der Waals surface area contributed by atoms with Crippen molar-refractivity contribution in [1.82, 2.24) is 0 Å². The van der Waals surface area contributed by atoms with Crippen LogP contribution in [-0.2, 0) is 0 Å². The topological polar surface area (TPSA) is 144 Å². The fourth-order valence-corrected chi connectivity index (χ4v) is 1.66. The number of halogens is 1.